The Balaban J connectivity index is 0.904. The van der Waals surface area contributed by atoms with E-state index in [1.165, 1.54) is 142 Å². The largest absolute Gasteiger partial charge is 0.317 e. The van der Waals surface area contributed by atoms with Crippen molar-refractivity contribution in [2.45, 2.75) is 190 Å². The van der Waals surface area contributed by atoms with Crippen molar-refractivity contribution in [3.8, 4) is 0 Å². The summed E-state index contributed by atoms with van der Waals surface area (Å²) in [6, 6.07) is 5.42. The van der Waals surface area contributed by atoms with Gasteiger partial charge in [0, 0.05) is 36.3 Å². The van der Waals surface area contributed by atoms with Crippen molar-refractivity contribution >= 4 is 0 Å². The average Bonchev–Trinajstić information content (AvgIpc) is 3.44. The van der Waals surface area contributed by atoms with E-state index in [0.29, 0.717) is 0 Å². The lowest BCUT2D eigenvalue weighted by Gasteiger charge is -2.50. The topological polar surface area (TPSA) is 30.5 Å². The van der Waals surface area contributed by atoms with Crippen LogP contribution in [0.2, 0.25) is 0 Å². The maximum absolute atomic E-state index is 3.92. The Labute approximate surface area is 272 Å². The summed E-state index contributed by atoms with van der Waals surface area (Å²) >= 11 is 0. The normalized spacial score (nSPS) is 44.0. The van der Waals surface area contributed by atoms with Crippen LogP contribution in [-0.2, 0) is 0 Å². The molecule has 5 aliphatic carbocycles. The molecule has 5 saturated carbocycles. The molecule has 3 heterocycles. The van der Waals surface area contributed by atoms with Crippen LogP contribution in [0, 0.1) is 35.5 Å². The number of fused-ring (bicyclic) bond motifs is 3. The van der Waals surface area contributed by atoms with E-state index in [0.717, 1.165) is 71.8 Å². The molecule has 0 aromatic rings. The zero-order chi connectivity index (χ0) is 29.3. The average molecular weight is 607 g/mol. The van der Waals surface area contributed by atoms with Crippen molar-refractivity contribution in [2.75, 3.05) is 26.2 Å². The van der Waals surface area contributed by atoms with Gasteiger partial charge in [0.25, 0.3) is 0 Å². The lowest BCUT2D eigenvalue weighted by Crippen LogP contribution is -2.55. The lowest BCUT2D eigenvalue weighted by molar-refractivity contribution is -0.00834. The third-order valence-corrected chi connectivity index (χ3v) is 15.8. The number of nitrogens with one attached hydrogen (secondary N) is 2. The smallest absolute Gasteiger partial charge is 0.0157 e. The molecule has 4 nitrogen and oxygen atoms in total. The highest BCUT2D eigenvalue weighted by Crippen LogP contribution is 2.51. The van der Waals surface area contributed by atoms with Crippen LogP contribution in [0.25, 0.3) is 0 Å². The first kappa shape index (κ1) is 31.1. The van der Waals surface area contributed by atoms with Crippen LogP contribution < -0.4 is 10.6 Å². The van der Waals surface area contributed by atoms with Gasteiger partial charge < -0.3 is 10.6 Å². The molecule has 0 radical (unpaired) electrons. The van der Waals surface area contributed by atoms with Gasteiger partial charge in [-0.1, -0.05) is 38.5 Å². The van der Waals surface area contributed by atoms with Gasteiger partial charge in [-0.2, -0.15) is 0 Å². The number of rotatable bonds is 6. The van der Waals surface area contributed by atoms with Crippen molar-refractivity contribution < 1.29 is 0 Å². The SMILES string of the molecule is C1CCC(N(C2CCCCC2)C2CCC3C(C2)C2CNCCC2N3C2CCC(C3CCC(C4CCNCC4)CC3)CC2)CC1. The quantitative estimate of drug-likeness (QED) is 0.319. The Hall–Kier alpha value is -0.160. The molecule has 5 unspecified atom stereocenters. The summed E-state index contributed by atoms with van der Waals surface area (Å²) in [5.74, 6) is 6.11. The van der Waals surface area contributed by atoms with Crippen LogP contribution in [0.5, 0.6) is 0 Å². The highest BCUT2D eigenvalue weighted by Gasteiger charge is 2.54. The Morgan fingerprint density at radius 3 is 1.55 bits per heavy atom. The predicted octanol–water partition coefficient (Wildman–Crippen LogP) is 8.15. The van der Waals surface area contributed by atoms with Crippen molar-refractivity contribution in [1.82, 2.24) is 20.4 Å². The fraction of sp³-hybridized carbons (Fsp3) is 1.00. The Bertz CT molecular complexity index is 856. The third kappa shape index (κ3) is 6.47. The molecule has 0 bridgehead atoms. The lowest BCUT2D eigenvalue weighted by atomic mass is 9.67. The second-order valence-electron chi connectivity index (χ2n) is 17.7. The molecule has 4 heteroatoms. The molecule has 8 fully saturated rings. The Morgan fingerprint density at radius 1 is 0.409 bits per heavy atom. The number of hydrogen-bond donors (Lipinski definition) is 2. The van der Waals surface area contributed by atoms with E-state index in [4.69, 9.17) is 0 Å². The van der Waals surface area contributed by atoms with Gasteiger partial charge in [-0.15, -0.1) is 0 Å². The molecule has 250 valence electrons. The molecule has 5 atom stereocenters. The van der Waals surface area contributed by atoms with Crippen molar-refractivity contribution in [2.24, 2.45) is 35.5 Å². The molecular weight excluding hydrogens is 536 g/mol. The fourth-order valence-corrected chi connectivity index (χ4v) is 13.7. The first-order chi connectivity index (χ1) is 21.8. The molecule has 0 amide bonds. The predicted molar refractivity (Wildman–Crippen MR) is 184 cm³/mol. The minimum atomic E-state index is 0.890. The summed E-state index contributed by atoms with van der Waals surface area (Å²) in [6.45, 7) is 5.15. The first-order valence-corrected chi connectivity index (χ1v) is 20.8. The van der Waals surface area contributed by atoms with Crippen LogP contribution in [0.4, 0.5) is 0 Å². The van der Waals surface area contributed by atoms with Crippen molar-refractivity contribution in [1.29, 1.82) is 0 Å². The molecule has 0 spiro atoms. The van der Waals surface area contributed by atoms with E-state index in [9.17, 15) is 0 Å². The molecule has 8 aliphatic rings. The maximum atomic E-state index is 3.92. The van der Waals surface area contributed by atoms with E-state index in [1.807, 2.05) is 0 Å². The second kappa shape index (κ2) is 14.5. The number of likely N-dealkylation sites (tertiary alicyclic amines) is 1. The van der Waals surface area contributed by atoms with Crippen molar-refractivity contribution in [3.05, 3.63) is 0 Å². The first-order valence-electron chi connectivity index (χ1n) is 20.8. The highest BCUT2D eigenvalue weighted by atomic mass is 15.3. The van der Waals surface area contributed by atoms with Gasteiger partial charge in [-0.05, 0) is 177 Å². The standard InChI is InChI=1S/C40H70N4/c1-3-7-33(8-4-1)43(34-9-5-2-6-10-34)36-19-20-39-37(27-36)38-28-42-26-23-40(38)44(39)35-17-15-31(16-18-35)29-11-13-30(14-12-29)32-21-24-41-25-22-32/h29-42H,1-28H2. The zero-order valence-corrected chi connectivity index (χ0v) is 28.6. The summed E-state index contributed by atoms with van der Waals surface area (Å²) in [6.07, 6.45) is 36.3. The van der Waals surface area contributed by atoms with E-state index in [1.54, 1.807) is 38.5 Å². The zero-order valence-electron chi connectivity index (χ0n) is 28.6. The van der Waals surface area contributed by atoms with Crippen LogP contribution >= 0.6 is 0 Å². The summed E-state index contributed by atoms with van der Waals surface area (Å²) in [4.78, 5) is 6.51. The fourth-order valence-electron chi connectivity index (χ4n) is 13.7. The van der Waals surface area contributed by atoms with E-state index >= 15 is 0 Å². The van der Waals surface area contributed by atoms with E-state index < -0.39 is 0 Å². The van der Waals surface area contributed by atoms with Crippen LogP contribution in [0.15, 0.2) is 0 Å². The molecule has 44 heavy (non-hydrogen) atoms. The monoisotopic (exact) mass is 607 g/mol. The molecule has 2 N–H and O–H groups in total. The van der Waals surface area contributed by atoms with Gasteiger partial charge in [0.2, 0.25) is 0 Å². The van der Waals surface area contributed by atoms with Crippen LogP contribution in [-0.4, -0.2) is 72.2 Å². The third-order valence-electron chi connectivity index (χ3n) is 15.8. The Morgan fingerprint density at radius 2 is 0.932 bits per heavy atom. The molecule has 3 saturated heterocycles. The molecule has 8 rings (SSSR count). The molecule has 0 aromatic carbocycles. The number of piperidine rings is 2. The van der Waals surface area contributed by atoms with E-state index in [2.05, 4.69) is 20.4 Å². The van der Waals surface area contributed by atoms with E-state index in [-0.39, 0.29) is 0 Å². The second-order valence-corrected chi connectivity index (χ2v) is 17.7. The van der Waals surface area contributed by atoms with Gasteiger partial charge in [0.15, 0.2) is 0 Å². The van der Waals surface area contributed by atoms with Gasteiger partial charge in [-0.25, -0.2) is 0 Å². The minimum Gasteiger partial charge on any atom is -0.317 e. The minimum absolute atomic E-state index is 0.890. The number of hydrogen-bond acceptors (Lipinski definition) is 4. The summed E-state index contributed by atoms with van der Waals surface area (Å²) in [5.41, 5.74) is 0. The van der Waals surface area contributed by atoms with Crippen LogP contribution in [0.1, 0.15) is 154 Å². The maximum Gasteiger partial charge on any atom is 0.0157 e. The summed E-state index contributed by atoms with van der Waals surface area (Å²) in [7, 11) is 0. The molecule has 3 aliphatic heterocycles. The van der Waals surface area contributed by atoms with Gasteiger partial charge in [-0.3, -0.25) is 9.80 Å². The van der Waals surface area contributed by atoms with Gasteiger partial charge in [0.05, 0.1) is 0 Å². The highest BCUT2D eigenvalue weighted by molar-refractivity contribution is 5.09. The number of nitrogens with zero attached hydrogens (tertiary/aromatic N) is 2. The van der Waals surface area contributed by atoms with Gasteiger partial charge in [0.1, 0.15) is 0 Å². The molecule has 0 aromatic heterocycles. The Kier molecular flexibility index (Phi) is 10.3. The molecular formula is C40H70N4. The van der Waals surface area contributed by atoms with Crippen molar-refractivity contribution in [3.63, 3.8) is 0 Å². The van der Waals surface area contributed by atoms with Gasteiger partial charge >= 0.3 is 0 Å². The summed E-state index contributed by atoms with van der Waals surface area (Å²) in [5, 5.41) is 7.52. The summed E-state index contributed by atoms with van der Waals surface area (Å²) < 4.78 is 0. The van der Waals surface area contributed by atoms with Crippen LogP contribution in [0.3, 0.4) is 0 Å².